The summed E-state index contributed by atoms with van der Waals surface area (Å²) in [4.78, 5) is 24.1. The van der Waals surface area contributed by atoms with Crippen LogP contribution >= 0.6 is 11.6 Å². The van der Waals surface area contributed by atoms with Gasteiger partial charge >= 0.3 is 5.97 Å². The van der Waals surface area contributed by atoms with E-state index in [4.69, 9.17) is 16.3 Å². The summed E-state index contributed by atoms with van der Waals surface area (Å²) in [5.41, 5.74) is 2.36. The van der Waals surface area contributed by atoms with Gasteiger partial charge in [-0.05, 0) is 48.6 Å². The Labute approximate surface area is 149 Å². The van der Waals surface area contributed by atoms with E-state index in [1.807, 2.05) is 18.2 Å². The van der Waals surface area contributed by atoms with Gasteiger partial charge in [0, 0.05) is 0 Å². The van der Waals surface area contributed by atoms with Crippen LogP contribution in [0.4, 0.5) is 4.39 Å². The fourth-order valence-electron chi connectivity index (χ4n) is 3.00. The Balaban J connectivity index is 1.58. The van der Waals surface area contributed by atoms with E-state index in [1.165, 1.54) is 11.6 Å². The molecule has 1 N–H and O–H groups in total. The van der Waals surface area contributed by atoms with E-state index in [1.54, 1.807) is 0 Å². The molecule has 1 aliphatic rings. The summed E-state index contributed by atoms with van der Waals surface area (Å²) < 4.78 is 18.0. The van der Waals surface area contributed by atoms with Crippen LogP contribution in [0.3, 0.4) is 0 Å². The lowest BCUT2D eigenvalue weighted by Gasteiger charge is -2.26. The van der Waals surface area contributed by atoms with E-state index < -0.39 is 18.4 Å². The number of benzene rings is 2. The minimum absolute atomic E-state index is 0.0267. The summed E-state index contributed by atoms with van der Waals surface area (Å²) >= 11 is 5.81. The molecule has 0 radical (unpaired) electrons. The van der Waals surface area contributed by atoms with Crippen molar-refractivity contribution in [1.29, 1.82) is 0 Å². The zero-order valence-corrected chi connectivity index (χ0v) is 14.2. The Bertz CT molecular complexity index is 809. The molecule has 1 amide bonds. The first-order chi connectivity index (χ1) is 12.0. The van der Waals surface area contributed by atoms with E-state index in [2.05, 4.69) is 11.4 Å². The molecule has 0 unspecified atom stereocenters. The minimum atomic E-state index is -0.760. The summed E-state index contributed by atoms with van der Waals surface area (Å²) in [6.07, 6.45) is 2.84. The quantitative estimate of drug-likeness (QED) is 0.842. The molecule has 0 bridgehead atoms. The lowest BCUT2D eigenvalue weighted by Crippen LogP contribution is -2.34. The number of halogens is 2. The molecule has 0 aromatic heterocycles. The number of nitrogens with one attached hydrogen (secondary N) is 1. The summed E-state index contributed by atoms with van der Waals surface area (Å²) in [7, 11) is 0. The fraction of sp³-hybridized carbons (Fsp3) is 0.263. The Hall–Kier alpha value is -2.40. The average Bonchev–Trinajstić information content (AvgIpc) is 2.60. The van der Waals surface area contributed by atoms with Crippen molar-refractivity contribution in [2.75, 3.05) is 6.61 Å². The number of fused-ring (bicyclic) bond motifs is 1. The van der Waals surface area contributed by atoms with E-state index >= 15 is 0 Å². The number of hydrogen-bond donors (Lipinski definition) is 1. The number of carbonyl (C=O) groups excluding carboxylic acids is 2. The Morgan fingerprint density at radius 1 is 1.24 bits per heavy atom. The molecule has 0 spiro atoms. The predicted molar refractivity (Wildman–Crippen MR) is 92.0 cm³/mol. The summed E-state index contributed by atoms with van der Waals surface area (Å²) in [5, 5.41) is 2.85. The standard InChI is InChI=1S/C19H17ClFNO3/c20-16-10-13(21)8-9-15(16)19(24)25-11-18(23)22-17-7-3-5-12-4-1-2-6-14(12)17/h1-2,4,6,8-10,17H,3,5,7,11H2,(H,22,23)/t17-/m0/s1. The number of rotatable bonds is 4. The van der Waals surface area contributed by atoms with Crippen molar-refractivity contribution in [2.24, 2.45) is 0 Å². The second-order valence-electron chi connectivity index (χ2n) is 5.91. The first kappa shape index (κ1) is 17.4. The third-order valence-electron chi connectivity index (χ3n) is 4.19. The molecule has 4 nitrogen and oxygen atoms in total. The van der Waals surface area contributed by atoms with Gasteiger partial charge in [-0.2, -0.15) is 0 Å². The van der Waals surface area contributed by atoms with Gasteiger partial charge in [0.05, 0.1) is 16.6 Å². The molecule has 2 aromatic rings. The molecular weight excluding hydrogens is 345 g/mol. The van der Waals surface area contributed by atoms with E-state index in [9.17, 15) is 14.0 Å². The molecule has 0 saturated carbocycles. The van der Waals surface area contributed by atoms with Crippen molar-refractivity contribution in [2.45, 2.75) is 25.3 Å². The first-order valence-corrected chi connectivity index (χ1v) is 8.42. The van der Waals surface area contributed by atoms with Crippen molar-refractivity contribution in [3.05, 3.63) is 70.0 Å². The van der Waals surface area contributed by atoms with Crippen LogP contribution in [0.15, 0.2) is 42.5 Å². The Morgan fingerprint density at radius 3 is 2.84 bits per heavy atom. The second-order valence-corrected chi connectivity index (χ2v) is 6.32. The highest BCUT2D eigenvalue weighted by Crippen LogP contribution is 2.29. The van der Waals surface area contributed by atoms with Crippen LogP contribution in [0.5, 0.6) is 0 Å². The monoisotopic (exact) mass is 361 g/mol. The van der Waals surface area contributed by atoms with Gasteiger partial charge in [0.25, 0.3) is 5.91 Å². The van der Waals surface area contributed by atoms with Gasteiger partial charge in [0.1, 0.15) is 5.82 Å². The van der Waals surface area contributed by atoms with Crippen LogP contribution in [-0.2, 0) is 16.0 Å². The maximum Gasteiger partial charge on any atom is 0.340 e. The highest BCUT2D eigenvalue weighted by Gasteiger charge is 2.22. The minimum Gasteiger partial charge on any atom is -0.452 e. The third kappa shape index (κ3) is 4.17. The maximum absolute atomic E-state index is 13.0. The summed E-state index contributed by atoms with van der Waals surface area (Å²) in [5.74, 6) is -1.69. The van der Waals surface area contributed by atoms with Crippen molar-refractivity contribution in [3.63, 3.8) is 0 Å². The molecule has 0 aliphatic heterocycles. The van der Waals surface area contributed by atoms with Gasteiger partial charge in [-0.25, -0.2) is 9.18 Å². The van der Waals surface area contributed by atoms with Crippen LogP contribution in [0.25, 0.3) is 0 Å². The molecule has 3 rings (SSSR count). The normalized spacial score (nSPS) is 16.0. The molecule has 0 fully saturated rings. The summed E-state index contributed by atoms with van der Waals surface area (Å²) in [6, 6.07) is 11.3. The second kappa shape index (κ2) is 7.66. The lowest BCUT2D eigenvalue weighted by molar-refractivity contribution is -0.125. The largest absolute Gasteiger partial charge is 0.452 e. The number of aryl methyl sites for hydroxylation is 1. The van der Waals surface area contributed by atoms with Crippen LogP contribution in [0.1, 0.15) is 40.4 Å². The van der Waals surface area contributed by atoms with Crippen LogP contribution < -0.4 is 5.32 Å². The van der Waals surface area contributed by atoms with Gasteiger partial charge in [0.2, 0.25) is 0 Å². The van der Waals surface area contributed by atoms with Gasteiger partial charge in [-0.1, -0.05) is 35.9 Å². The molecular formula is C19H17ClFNO3. The van der Waals surface area contributed by atoms with E-state index in [-0.39, 0.29) is 22.5 Å². The van der Waals surface area contributed by atoms with Crippen LogP contribution in [0.2, 0.25) is 5.02 Å². The third-order valence-corrected chi connectivity index (χ3v) is 4.50. The molecule has 6 heteroatoms. The molecule has 2 aromatic carbocycles. The van der Waals surface area contributed by atoms with Crippen LogP contribution in [-0.4, -0.2) is 18.5 Å². The highest BCUT2D eigenvalue weighted by molar-refractivity contribution is 6.33. The zero-order valence-electron chi connectivity index (χ0n) is 13.4. The molecule has 25 heavy (non-hydrogen) atoms. The van der Waals surface area contributed by atoms with Gasteiger partial charge in [0.15, 0.2) is 6.61 Å². The Kier molecular flexibility index (Phi) is 5.34. The average molecular weight is 362 g/mol. The molecule has 130 valence electrons. The topological polar surface area (TPSA) is 55.4 Å². The highest BCUT2D eigenvalue weighted by atomic mass is 35.5. The molecule has 1 atom stereocenters. The van der Waals surface area contributed by atoms with Gasteiger partial charge in [-0.15, -0.1) is 0 Å². The Morgan fingerprint density at radius 2 is 2.04 bits per heavy atom. The van der Waals surface area contributed by atoms with E-state index in [0.29, 0.717) is 0 Å². The number of esters is 1. The summed E-state index contributed by atoms with van der Waals surface area (Å²) in [6.45, 7) is -0.412. The number of ether oxygens (including phenoxy) is 1. The maximum atomic E-state index is 13.0. The number of hydrogen-bond acceptors (Lipinski definition) is 3. The van der Waals surface area contributed by atoms with Crippen LogP contribution in [0, 0.1) is 5.82 Å². The zero-order chi connectivity index (χ0) is 17.8. The SMILES string of the molecule is O=C(COC(=O)c1ccc(F)cc1Cl)N[C@H]1CCCc2ccccc21. The smallest absolute Gasteiger partial charge is 0.340 e. The van der Waals surface area contributed by atoms with Crippen molar-refractivity contribution in [1.82, 2.24) is 5.32 Å². The predicted octanol–water partition coefficient (Wildman–Crippen LogP) is 3.83. The van der Waals surface area contributed by atoms with Gasteiger partial charge in [-0.3, -0.25) is 4.79 Å². The first-order valence-electron chi connectivity index (χ1n) is 8.04. The van der Waals surface area contributed by atoms with Crippen molar-refractivity contribution in [3.8, 4) is 0 Å². The van der Waals surface area contributed by atoms with Crippen molar-refractivity contribution < 1.29 is 18.7 Å². The molecule has 1 aliphatic carbocycles. The van der Waals surface area contributed by atoms with Gasteiger partial charge < -0.3 is 10.1 Å². The molecule has 0 heterocycles. The number of carbonyl (C=O) groups is 2. The number of amides is 1. The molecule has 0 saturated heterocycles. The lowest BCUT2D eigenvalue weighted by atomic mass is 9.88. The fourth-order valence-corrected chi connectivity index (χ4v) is 3.25. The van der Waals surface area contributed by atoms with E-state index in [0.717, 1.165) is 37.0 Å². The van der Waals surface area contributed by atoms with Crippen molar-refractivity contribution >= 4 is 23.5 Å².